The van der Waals surface area contributed by atoms with Crippen molar-refractivity contribution in [2.75, 3.05) is 18.1 Å². The molecule has 0 saturated carbocycles. The van der Waals surface area contributed by atoms with Crippen molar-refractivity contribution in [2.45, 2.75) is 43.0 Å². The van der Waals surface area contributed by atoms with Crippen LogP contribution in [0.4, 0.5) is 0 Å². The largest absolute Gasteiger partial charge is 0.396 e. The van der Waals surface area contributed by atoms with Crippen LogP contribution >= 0.6 is 11.8 Å². The first-order valence-electron chi connectivity index (χ1n) is 13.9. The lowest BCUT2D eigenvalue weighted by Crippen LogP contribution is -2.31. The minimum absolute atomic E-state index is 0.00760. The SMILES string of the molecule is O=S(=O)(NCc1ccccc1-c1ccc([C@H]2O[C@@H](CSCCO)C[C@@H](c3ccc(CO)cc3)O2)cc1)c1ccccc1. The molecule has 0 spiro atoms. The molecule has 0 bridgehead atoms. The lowest BCUT2D eigenvalue weighted by atomic mass is 9.98. The molecule has 4 aromatic carbocycles. The molecule has 42 heavy (non-hydrogen) atoms. The van der Waals surface area contributed by atoms with E-state index in [1.807, 2.05) is 72.8 Å². The summed E-state index contributed by atoms with van der Waals surface area (Å²) in [4.78, 5) is 0.232. The van der Waals surface area contributed by atoms with E-state index in [4.69, 9.17) is 9.47 Å². The topological polar surface area (TPSA) is 105 Å². The first-order valence-corrected chi connectivity index (χ1v) is 16.5. The minimum atomic E-state index is -3.64. The maximum Gasteiger partial charge on any atom is 0.240 e. The van der Waals surface area contributed by atoms with Crippen LogP contribution in [0.15, 0.2) is 108 Å². The predicted octanol–water partition coefficient (Wildman–Crippen LogP) is 5.60. The third-order valence-electron chi connectivity index (χ3n) is 7.17. The second-order valence-electron chi connectivity index (χ2n) is 10.1. The minimum Gasteiger partial charge on any atom is -0.396 e. The van der Waals surface area contributed by atoms with Crippen molar-refractivity contribution >= 4 is 21.8 Å². The molecular formula is C33H35NO6S2. The van der Waals surface area contributed by atoms with Crippen molar-refractivity contribution in [2.24, 2.45) is 0 Å². The Morgan fingerprint density at radius 1 is 0.810 bits per heavy atom. The van der Waals surface area contributed by atoms with Gasteiger partial charge >= 0.3 is 0 Å². The van der Waals surface area contributed by atoms with Crippen LogP contribution in [0.2, 0.25) is 0 Å². The Morgan fingerprint density at radius 3 is 2.21 bits per heavy atom. The molecule has 3 N–H and O–H groups in total. The van der Waals surface area contributed by atoms with Crippen LogP contribution in [-0.4, -0.2) is 42.8 Å². The van der Waals surface area contributed by atoms with Gasteiger partial charge in [-0.3, -0.25) is 0 Å². The van der Waals surface area contributed by atoms with Crippen molar-refractivity contribution < 1.29 is 28.1 Å². The average Bonchev–Trinajstić information content (AvgIpc) is 3.04. The van der Waals surface area contributed by atoms with Crippen molar-refractivity contribution in [3.8, 4) is 11.1 Å². The number of thioether (sulfide) groups is 1. The first kappa shape index (κ1) is 30.4. The van der Waals surface area contributed by atoms with Crippen LogP contribution in [0, 0.1) is 0 Å². The maximum atomic E-state index is 12.8. The van der Waals surface area contributed by atoms with Crippen LogP contribution in [0.1, 0.15) is 41.1 Å². The predicted molar refractivity (Wildman–Crippen MR) is 165 cm³/mol. The Bertz CT molecular complexity index is 1530. The molecule has 3 atom stereocenters. The fourth-order valence-corrected chi connectivity index (χ4v) is 6.73. The summed E-state index contributed by atoms with van der Waals surface area (Å²) in [5, 5.41) is 18.7. The van der Waals surface area contributed by atoms with E-state index in [0.29, 0.717) is 12.2 Å². The molecule has 0 aromatic heterocycles. The Labute approximate surface area is 251 Å². The Hall–Kier alpha value is -3.02. The first-order chi connectivity index (χ1) is 20.5. The molecule has 0 amide bonds. The third-order valence-corrected chi connectivity index (χ3v) is 9.67. The highest BCUT2D eigenvalue weighted by Gasteiger charge is 2.32. The normalized spacial score (nSPS) is 19.0. The van der Waals surface area contributed by atoms with Gasteiger partial charge in [-0.25, -0.2) is 13.1 Å². The summed E-state index contributed by atoms with van der Waals surface area (Å²) in [6.07, 6.45) is -0.101. The van der Waals surface area contributed by atoms with Crippen LogP contribution in [0.5, 0.6) is 0 Å². The number of aliphatic hydroxyl groups is 2. The fraction of sp³-hybridized carbons (Fsp3) is 0.273. The maximum absolute atomic E-state index is 12.8. The van der Waals surface area contributed by atoms with Gasteiger partial charge in [0.15, 0.2) is 6.29 Å². The van der Waals surface area contributed by atoms with E-state index in [9.17, 15) is 18.6 Å². The molecule has 1 saturated heterocycles. The Kier molecular flexibility index (Phi) is 10.5. The van der Waals surface area contributed by atoms with E-state index in [1.165, 1.54) is 0 Å². The van der Waals surface area contributed by atoms with E-state index < -0.39 is 16.3 Å². The van der Waals surface area contributed by atoms with Gasteiger partial charge in [-0.2, -0.15) is 11.8 Å². The van der Waals surface area contributed by atoms with E-state index in [-0.39, 0.29) is 36.9 Å². The van der Waals surface area contributed by atoms with Gasteiger partial charge < -0.3 is 19.7 Å². The second-order valence-corrected chi connectivity index (χ2v) is 13.0. The number of sulfonamides is 1. The van der Waals surface area contributed by atoms with Gasteiger partial charge in [0.1, 0.15) is 0 Å². The number of hydrogen-bond donors (Lipinski definition) is 3. The standard InChI is InChI=1S/C33H35NO6S2/c35-18-19-41-23-29-20-32(26-12-10-24(22-36)11-13-26)40-33(39-29)27-16-14-25(15-17-27)31-9-5-4-6-28(31)21-34-42(37,38)30-7-2-1-3-8-30/h1-17,29,32-36H,18-23H2/t29-,32+,33+/m1/s1. The average molecular weight is 606 g/mol. The summed E-state index contributed by atoms with van der Waals surface area (Å²) in [5.74, 6) is 1.40. The lowest BCUT2D eigenvalue weighted by molar-refractivity contribution is -0.245. The van der Waals surface area contributed by atoms with Gasteiger partial charge in [0.25, 0.3) is 0 Å². The van der Waals surface area contributed by atoms with E-state index in [2.05, 4.69) is 4.72 Å². The van der Waals surface area contributed by atoms with Crippen LogP contribution in [0.25, 0.3) is 11.1 Å². The summed E-state index contributed by atoms with van der Waals surface area (Å²) >= 11 is 1.65. The molecule has 1 aliphatic rings. The molecule has 1 aliphatic heterocycles. The highest BCUT2D eigenvalue weighted by molar-refractivity contribution is 7.99. The zero-order valence-electron chi connectivity index (χ0n) is 23.1. The molecule has 1 heterocycles. The number of benzene rings is 4. The molecule has 1 fully saturated rings. The number of nitrogens with one attached hydrogen (secondary N) is 1. The van der Waals surface area contributed by atoms with E-state index >= 15 is 0 Å². The molecule has 4 aromatic rings. The van der Waals surface area contributed by atoms with Crippen molar-refractivity contribution in [1.29, 1.82) is 0 Å². The van der Waals surface area contributed by atoms with Crippen molar-refractivity contribution in [3.63, 3.8) is 0 Å². The monoisotopic (exact) mass is 605 g/mol. The van der Waals surface area contributed by atoms with Gasteiger partial charge in [-0.05, 0) is 39.9 Å². The highest BCUT2D eigenvalue weighted by atomic mass is 32.2. The molecular weight excluding hydrogens is 570 g/mol. The van der Waals surface area contributed by atoms with Crippen LogP contribution in [-0.2, 0) is 32.6 Å². The molecule has 0 aliphatic carbocycles. The zero-order chi connectivity index (χ0) is 29.4. The molecule has 9 heteroatoms. The number of hydrogen-bond acceptors (Lipinski definition) is 7. The van der Waals surface area contributed by atoms with Gasteiger partial charge in [0, 0.05) is 30.0 Å². The Balaban J connectivity index is 1.33. The quantitative estimate of drug-likeness (QED) is 0.181. The molecule has 0 radical (unpaired) electrons. The highest BCUT2D eigenvalue weighted by Crippen LogP contribution is 2.39. The third kappa shape index (κ3) is 7.67. The second kappa shape index (κ2) is 14.4. The number of ether oxygens (including phenoxy) is 2. The van der Waals surface area contributed by atoms with Gasteiger partial charge in [-0.15, -0.1) is 0 Å². The lowest BCUT2D eigenvalue weighted by Gasteiger charge is -2.36. The summed E-state index contributed by atoms with van der Waals surface area (Å²) < 4.78 is 41.1. The van der Waals surface area contributed by atoms with Gasteiger partial charge in [-0.1, -0.05) is 91.0 Å². The number of aliphatic hydroxyl groups excluding tert-OH is 2. The van der Waals surface area contributed by atoms with Crippen molar-refractivity contribution in [3.05, 3.63) is 125 Å². The van der Waals surface area contributed by atoms with Gasteiger partial charge in [0.05, 0.1) is 30.3 Å². The number of rotatable bonds is 12. The van der Waals surface area contributed by atoms with Crippen LogP contribution in [0.3, 0.4) is 0 Å². The van der Waals surface area contributed by atoms with E-state index in [1.54, 1.807) is 42.1 Å². The molecule has 7 nitrogen and oxygen atoms in total. The van der Waals surface area contributed by atoms with Crippen LogP contribution < -0.4 is 4.72 Å². The molecule has 220 valence electrons. The molecule has 5 rings (SSSR count). The van der Waals surface area contributed by atoms with Crippen molar-refractivity contribution in [1.82, 2.24) is 4.72 Å². The summed E-state index contributed by atoms with van der Waals surface area (Å²) in [5.41, 5.74) is 5.51. The summed E-state index contributed by atoms with van der Waals surface area (Å²) in [6.45, 7) is 0.278. The summed E-state index contributed by atoms with van der Waals surface area (Å²) in [6, 6.07) is 31.9. The Morgan fingerprint density at radius 2 is 1.50 bits per heavy atom. The van der Waals surface area contributed by atoms with E-state index in [0.717, 1.165) is 39.1 Å². The summed E-state index contributed by atoms with van der Waals surface area (Å²) in [7, 11) is -3.64. The smallest absolute Gasteiger partial charge is 0.240 e. The fourth-order valence-electron chi connectivity index (χ4n) is 4.93. The van der Waals surface area contributed by atoms with Gasteiger partial charge in [0.2, 0.25) is 10.0 Å². The molecule has 0 unspecified atom stereocenters. The zero-order valence-corrected chi connectivity index (χ0v) is 24.8.